The zero-order valence-electron chi connectivity index (χ0n) is 5.92. The molecule has 4 heteroatoms. The third-order valence-corrected chi connectivity index (χ3v) is 1.18. The quantitative estimate of drug-likeness (QED) is 0.635. The Labute approximate surface area is 59.4 Å². The Morgan fingerprint density at radius 2 is 2.60 bits per heavy atom. The summed E-state index contributed by atoms with van der Waals surface area (Å²) in [5.41, 5.74) is 6.22. The zero-order chi connectivity index (χ0) is 7.40. The molecule has 4 nitrogen and oxygen atoms in total. The molecule has 0 saturated carbocycles. The van der Waals surface area contributed by atoms with Gasteiger partial charge in [0.05, 0.1) is 18.5 Å². The molecule has 0 amide bonds. The highest BCUT2D eigenvalue weighted by atomic mass is 16.5. The summed E-state index contributed by atoms with van der Waals surface area (Å²) in [6, 6.07) is 0. The first kappa shape index (κ1) is 7.08. The van der Waals surface area contributed by atoms with Crippen LogP contribution in [0.1, 0.15) is 12.6 Å². The number of nitrogens with two attached hydrogens (primary N) is 1. The third kappa shape index (κ3) is 1.27. The van der Waals surface area contributed by atoms with Gasteiger partial charge >= 0.3 is 0 Å². The second-order valence-corrected chi connectivity index (χ2v) is 1.85. The predicted molar refractivity (Wildman–Crippen MR) is 37.6 cm³/mol. The van der Waals surface area contributed by atoms with E-state index in [4.69, 9.17) is 10.5 Å². The number of ether oxygens (including phenoxy) is 1. The van der Waals surface area contributed by atoms with Gasteiger partial charge in [0.2, 0.25) is 0 Å². The second-order valence-electron chi connectivity index (χ2n) is 1.85. The van der Waals surface area contributed by atoms with Gasteiger partial charge in [0, 0.05) is 6.54 Å². The topological polar surface area (TPSA) is 63.9 Å². The number of rotatable bonds is 3. The molecule has 10 heavy (non-hydrogen) atoms. The van der Waals surface area contributed by atoms with Crippen molar-refractivity contribution in [3.8, 4) is 5.75 Å². The molecule has 1 aromatic heterocycles. The minimum atomic E-state index is 0.440. The first-order valence-electron chi connectivity index (χ1n) is 3.23. The highest BCUT2D eigenvalue weighted by Gasteiger charge is 2.01. The predicted octanol–water partition coefficient (Wildman–Crippen LogP) is 0.267. The number of aromatic amines is 1. The summed E-state index contributed by atoms with van der Waals surface area (Å²) in [6.45, 7) is 3.01. The Hall–Kier alpha value is -1.03. The Balaban J connectivity index is 2.70. The number of hydrogen-bond acceptors (Lipinski definition) is 3. The van der Waals surface area contributed by atoms with E-state index in [2.05, 4.69) is 10.2 Å². The van der Waals surface area contributed by atoms with Gasteiger partial charge in [0.15, 0.2) is 5.75 Å². The summed E-state index contributed by atoms with van der Waals surface area (Å²) in [5.74, 6) is 0.755. The van der Waals surface area contributed by atoms with Crippen molar-refractivity contribution in [3.63, 3.8) is 0 Å². The fraction of sp³-hybridized carbons (Fsp3) is 0.500. The van der Waals surface area contributed by atoms with Gasteiger partial charge in [-0.1, -0.05) is 0 Å². The molecule has 0 unspecified atom stereocenters. The van der Waals surface area contributed by atoms with Gasteiger partial charge in [-0.15, -0.1) is 0 Å². The van der Waals surface area contributed by atoms with Crippen molar-refractivity contribution in [2.75, 3.05) is 6.61 Å². The molecule has 0 aliphatic heterocycles. The van der Waals surface area contributed by atoms with E-state index in [1.807, 2.05) is 6.92 Å². The normalized spacial score (nSPS) is 9.80. The summed E-state index contributed by atoms with van der Waals surface area (Å²) >= 11 is 0. The van der Waals surface area contributed by atoms with E-state index in [1.165, 1.54) is 0 Å². The van der Waals surface area contributed by atoms with Crippen molar-refractivity contribution in [2.24, 2.45) is 5.73 Å². The Morgan fingerprint density at radius 3 is 3.20 bits per heavy atom. The van der Waals surface area contributed by atoms with Crippen LogP contribution in [0.15, 0.2) is 6.20 Å². The molecule has 0 spiro atoms. The molecule has 3 N–H and O–H groups in total. The molecule has 0 aromatic carbocycles. The number of nitrogens with one attached hydrogen (secondary N) is 1. The minimum Gasteiger partial charge on any atom is -0.490 e. The molecular formula is C6H11N3O. The molecule has 1 aromatic rings. The van der Waals surface area contributed by atoms with E-state index < -0.39 is 0 Å². The molecule has 0 fully saturated rings. The van der Waals surface area contributed by atoms with E-state index in [1.54, 1.807) is 6.20 Å². The average Bonchev–Trinajstić information content (AvgIpc) is 2.36. The van der Waals surface area contributed by atoms with E-state index in [0.29, 0.717) is 13.2 Å². The Bertz CT molecular complexity index is 197. The molecule has 1 rings (SSSR count). The molecule has 0 radical (unpaired) electrons. The second kappa shape index (κ2) is 3.22. The van der Waals surface area contributed by atoms with Crippen LogP contribution in [0.5, 0.6) is 5.75 Å². The van der Waals surface area contributed by atoms with Crippen LogP contribution in [0.4, 0.5) is 0 Å². The molecule has 56 valence electrons. The number of H-pyrrole nitrogens is 1. The first-order valence-corrected chi connectivity index (χ1v) is 3.23. The molecule has 0 aliphatic carbocycles. The largest absolute Gasteiger partial charge is 0.490 e. The standard InChI is InChI=1S/C6H11N3O/c1-2-10-6-4-8-9-5(6)3-7/h4H,2-3,7H2,1H3,(H,8,9). The summed E-state index contributed by atoms with van der Waals surface area (Å²) < 4.78 is 5.19. The first-order chi connectivity index (χ1) is 4.88. The van der Waals surface area contributed by atoms with Crippen molar-refractivity contribution in [3.05, 3.63) is 11.9 Å². The highest BCUT2D eigenvalue weighted by Crippen LogP contribution is 2.12. The van der Waals surface area contributed by atoms with E-state index >= 15 is 0 Å². The monoisotopic (exact) mass is 141 g/mol. The third-order valence-electron chi connectivity index (χ3n) is 1.18. The molecule has 0 aliphatic rings. The summed E-state index contributed by atoms with van der Waals surface area (Å²) in [6.07, 6.45) is 1.63. The number of hydrogen-bond donors (Lipinski definition) is 2. The van der Waals surface area contributed by atoms with Crippen molar-refractivity contribution < 1.29 is 4.74 Å². The van der Waals surface area contributed by atoms with Gasteiger partial charge in [-0.05, 0) is 6.92 Å². The summed E-state index contributed by atoms with van der Waals surface area (Å²) in [4.78, 5) is 0. The van der Waals surface area contributed by atoms with Gasteiger partial charge in [0.25, 0.3) is 0 Å². The van der Waals surface area contributed by atoms with Crippen LogP contribution in [0, 0.1) is 0 Å². The summed E-state index contributed by atoms with van der Waals surface area (Å²) in [5, 5.41) is 6.52. The van der Waals surface area contributed by atoms with Crippen LogP contribution < -0.4 is 10.5 Å². The molecule has 0 bridgehead atoms. The number of nitrogens with zero attached hydrogens (tertiary/aromatic N) is 1. The lowest BCUT2D eigenvalue weighted by Crippen LogP contribution is -2.00. The zero-order valence-corrected chi connectivity index (χ0v) is 5.92. The van der Waals surface area contributed by atoms with Crippen molar-refractivity contribution >= 4 is 0 Å². The fourth-order valence-corrected chi connectivity index (χ4v) is 0.728. The summed E-state index contributed by atoms with van der Waals surface area (Å²) in [7, 11) is 0. The van der Waals surface area contributed by atoms with Crippen LogP contribution in [0.25, 0.3) is 0 Å². The van der Waals surface area contributed by atoms with E-state index in [-0.39, 0.29) is 0 Å². The van der Waals surface area contributed by atoms with Gasteiger partial charge in [-0.2, -0.15) is 5.10 Å². The van der Waals surface area contributed by atoms with Crippen LogP contribution >= 0.6 is 0 Å². The lowest BCUT2D eigenvalue weighted by molar-refractivity contribution is 0.337. The van der Waals surface area contributed by atoms with Gasteiger partial charge < -0.3 is 10.5 Å². The molecule has 1 heterocycles. The maximum atomic E-state index is 5.37. The van der Waals surface area contributed by atoms with E-state index in [0.717, 1.165) is 11.4 Å². The van der Waals surface area contributed by atoms with Gasteiger partial charge in [-0.3, -0.25) is 5.10 Å². The Morgan fingerprint density at radius 1 is 1.80 bits per heavy atom. The SMILES string of the molecule is CCOc1cn[nH]c1CN. The smallest absolute Gasteiger partial charge is 0.161 e. The van der Waals surface area contributed by atoms with E-state index in [9.17, 15) is 0 Å². The lowest BCUT2D eigenvalue weighted by atomic mass is 10.4. The van der Waals surface area contributed by atoms with Gasteiger partial charge in [0.1, 0.15) is 0 Å². The van der Waals surface area contributed by atoms with Crippen LogP contribution in [-0.4, -0.2) is 16.8 Å². The lowest BCUT2D eigenvalue weighted by Gasteiger charge is -1.99. The van der Waals surface area contributed by atoms with Crippen LogP contribution in [0.2, 0.25) is 0 Å². The van der Waals surface area contributed by atoms with Crippen LogP contribution in [-0.2, 0) is 6.54 Å². The van der Waals surface area contributed by atoms with Crippen molar-refractivity contribution in [1.82, 2.24) is 10.2 Å². The molecule has 0 atom stereocenters. The number of aromatic nitrogens is 2. The van der Waals surface area contributed by atoms with Crippen molar-refractivity contribution in [2.45, 2.75) is 13.5 Å². The maximum absolute atomic E-state index is 5.37. The highest BCUT2D eigenvalue weighted by molar-refractivity contribution is 5.23. The van der Waals surface area contributed by atoms with Crippen molar-refractivity contribution in [1.29, 1.82) is 0 Å². The minimum absolute atomic E-state index is 0.440. The fourth-order valence-electron chi connectivity index (χ4n) is 0.728. The molecule has 0 saturated heterocycles. The molecular weight excluding hydrogens is 130 g/mol. The Kier molecular flexibility index (Phi) is 2.28. The average molecular weight is 141 g/mol. The van der Waals surface area contributed by atoms with Gasteiger partial charge in [-0.25, -0.2) is 0 Å². The van der Waals surface area contributed by atoms with Crippen LogP contribution in [0.3, 0.4) is 0 Å². The maximum Gasteiger partial charge on any atom is 0.161 e.